The fourth-order valence-electron chi connectivity index (χ4n) is 3.05. The first-order chi connectivity index (χ1) is 16.6. The van der Waals surface area contributed by atoms with Crippen LogP contribution in [0.5, 0.6) is 5.75 Å². The minimum atomic E-state index is -4.52. The standard InChI is InChI=1S/C24H22F3N3O4S/c1-2-34-21-13-11-20(12-14-21)30(35(32,33)22-9-4-3-5-10-22)17-23(31)29-28-16-18-7-6-8-19(15-18)24(25,26)27/h3-16H,2,17H2,1H3,(H,29,31). The number of carbonyl (C=O) groups excluding carboxylic acids is 1. The molecule has 0 saturated heterocycles. The number of hydrogen-bond acceptors (Lipinski definition) is 5. The van der Waals surface area contributed by atoms with Crippen molar-refractivity contribution in [1.82, 2.24) is 5.43 Å². The summed E-state index contributed by atoms with van der Waals surface area (Å²) in [5.74, 6) is -0.259. The van der Waals surface area contributed by atoms with Crippen LogP contribution in [0.1, 0.15) is 18.1 Å². The number of rotatable bonds is 9. The molecule has 3 aromatic rings. The van der Waals surface area contributed by atoms with Crippen molar-refractivity contribution in [1.29, 1.82) is 0 Å². The van der Waals surface area contributed by atoms with Gasteiger partial charge < -0.3 is 4.74 Å². The molecule has 184 valence electrons. The lowest BCUT2D eigenvalue weighted by Crippen LogP contribution is -2.39. The van der Waals surface area contributed by atoms with Crippen molar-refractivity contribution < 1.29 is 31.1 Å². The second-order valence-electron chi connectivity index (χ2n) is 7.17. The molecule has 0 aliphatic carbocycles. The largest absolute Gasteiger partial charge is 0.494 e. The van der Waals surface area contributed by atoms with Gasteiger partial charge in [0.1, 0.15) is 12.3 Å². The Hall–Kier alpha value is -3.86. The van der Waals surface area contributed by atoms with Crippen molar-refractivity contribution in [2.75, 3.05) is 17.5 Å². The van der Waals surface area contributed by atoms with Crippen LogP contribution in [0.15, 0.2) is 88.9 Å². The van der Waals surface area contributed by atoms with E-state index in [1.54, 1.807) is 30.3 Å². The molecule has 0 atom stereocenters. The summed E-state index contributed by atoms with van der Waals surface area (Å²) in [4.78, 5) is 12.5. The molecule has 0 saturated carbocycles. The molecule has 0 aliphatic heterocycles. The van der Waals surface area contributed by atoms with Crippen LogP contribution in [-0.4, -0.2) is 33.7 Å². The summed E-state index contributed by atoms with van der Waals surface area (Å²) >= 11 is 0. The molecule has 1 N–H and O–H groups in total. The number of anilines is 1. The third-order valence-electron chi connectivity index (χ3n) is 4.67. The topological polar surface area (TPSA) is 88.1 Å². The van der Waals surface area contributed by atoms with Crippen LogP contribution < -0.4 is 14.5 Å². The van der Waals surface area contributed by atoms with Crippen LogP contribution in [0.3, 0.4) is 0 Å². The number of alkyl halides is 3. The van der Waals surface area contributed by atoms with Gasteiger partial charge in [-0.05, 0) is 61.0 Å². The van der Waals surface area contributed by atoms with Gasteiger partial charge in [-0.2, -0.15) is 18.3 Å². The Balaban J connectivity index is 1.81. The second kappa shape index (κ2) is 11.0. The third kappa shape index (κ3) is 6.82. The van der Waals surface area contributed by atoms with Crippen LogP contribution >= 0.6 is 0 Å². The zero-order chi connectivity index (χ0) is 25.5. The molecule has 0 radical (unpaired) electrons. The van der Waals surface area contributed by atoms with E-state index in [9.17, 15) is 26.4 Å². The molecule has 0 spiro atoms. The highest BCUT2D eigenvalue weighted by Gasteiger charge is 2.30. The molecule has 3 rings (SSSR count). The van der Waals surface area contributed by atoms with Gasteiger partial charge in [0, 0.05) is 0 Å². The van der Waals surface area contributed by atoms with Gasteiger partial charge in [0.2, 0.25) is 0 Å². The highest BCUT2D eigenvalue weighted by atomic mass is 32.2. The van der Waals surface area contributed by atoms with E-state index in [1.165, 1.54) is 36.4 Å². The number of hydrogen-bond donors (Lipinski definition) is 1. The number of halogens is 3. The molecule has 7 nitrogen and oxygen atoms in total. The molecule has 3 aromatic carbocycles. The maximum Gasteiger partial charge on any atom is 0.416 e. The van der Waals surface area contributed by atoms with Crippen molar-refractivity contribution in [3.63, 3.8) is 0 Å². The summed E-state index contributed by atoms with van der Waals surface area (Å²) in [6.45, 7) is 1.62. The fraction of sp³-hybridized carbons (Fsp3) is 0.167. The number of benzene rings is 3. The van der Waals surface area contributed by atoms with Crippen LogP contribution in [0, 0.1) is 0 Å². The third-order valence-corrected chi connectivity index (χ3v) is 6.46. The maximum absolute atomic E-state index is 13.3. The van der Waals surface area contributed by atoms with Crippen LogP contribution in [0.25, 0.3) is 0 Å². The first kappa shape index (κ1) is 25.8. The Bertz CT molecular complexity index is 1280. The molecule has 0 bridgehead atoms. The monoisotopic (exact) mass is 505 g/mol. The van der Waals surface area contributed by atoms with Crippen molar-refractivity contribution in [3.05, 3.63) is 90.0 Å². The van der Waals surface area contributed by atoms with Gasteiger partial charge in [-0.1, -0.05) is 30.3 Å². The van der Waals surface area contributed by atoms with Crippen molar-refractivity contribution >= 4 is 27.8 Å². The van der Waals surface area contributed by atoms with E-state index in [2.05, 4.69) is 10.5 Å². The normalized spacial score (nSPS) is 11.9. The number of ether oxygens (including phenoxy) is 1. The number of carbonyl (C=O) groups is 1. The summed E-state index contributed by atoms with van der Waals surface area (Å²) in [5, 5.41) is 3.67. The zero-order valence-electron chi connectivity index (χ0n) is 18.6. The molecule has 0 fully saturated rings. The number of nitrogens with one attached hydrogen (secondary N) is 1. The summed E-state index contributed by atoms with van der Waals surface area (Å²) in [6.07, 6.45) is -3.48. The Morgan fingerprint density at radius 1 is 1.03 bits per heavy atom. The van der Waals surface area contributed by atoms with Gasteiger partial charge in [0.15, 0.2) is 0 Å². The lowest BCUT2D eigenvalue weighted by atomic mass is 10.1. The molecule has 0 heterocycles. The molecule has 11 heteroatoms. The van der Waals surface area contributed by atoms with Gasteiger partial charge >= 0.3 is 6.18 Å². The van der Waals surface area contributed by atoms with Crippen molar-refractivity contribution in [2.24, 2.45) is 5.10 Å². The lowest BCUT2D eigenvalue weighted by Gasteiger charge is -2.24. The van der Waals surface area contributed by atoms with E-state index in [0.29, 0.717) is 12.4 Å². The average molecular weight is 506 g/mol. The first-order valence-corrected chi connectivity index (χ1v) is 11.8. The van der Waals surface area contributed by atoms with E-state index in [4.69, 9.17) is 4.74 Å². The van der Waals surface area contributed by atoms with Crippen LogP contribution in [0.4, 0.5) is 18.9 Å². The van der Waals surface area contributed by atoms with Crippen molar-refractivity contribution in [2.45, 2.75) is 18.0 Å². The smallest absolute Gasteiger partial charge is 0.416 e. The SMILES string of the molecule is CCOc1ccc(N(CC(=O)NN=Cc2cccc(C(F)(F)F)c2)S(=O)(=O)c2ccccc2)cc1. The Labute approximate surface area is 200 Å². The predicted molar refractivity (Wildman–Crippen MR) is 126 cm³/mol. The van der Waals surface area contributed by atoms with E-state index >= 15 is 0 Å². The van der Waals surface area contributed by atoms with Gasteiger partial charge in [0.05, 0.1) is 29.0 Å². The minimum Gasteiger partial charge on any atom is -0.494 e. The van der Waals surface area contributed by atoms with E-state index in [0.717, 1.165) is 22.7 Å². The average Bonchev–Trinajstić information content (AvgIpc) is 2.83. The Morgan fingerprint density at radius 3 is 2.34 bits per heavy atom. The summed E-state index contributed by atoms with van der Waals surface area (Å²) < 4.78 is 71.4. The molecular weight excluding hydrogens is 483 g/mol. The minimum absolute atomic E-state index is 0.0193. The molecule has 0 unspecified atom stereocenters. The summed E-state index contributed by atoms with van der Waals surface area (Å²) in [7, 11) is -4.12. The number of amides is 1. The van der Waals surface area contributed by atoms with Crippen LogP contribution in [0.2, 0.25) is 0 Å². The maximum atomic E-state index is 13.3. The summed E-state index contributed by atoms with van der Waals surface area (Å²) in [5.41, 5.74) is 1.63. The molecule has 0 aromatic heterocycles. The van der Waals surface area contributed by atoms with Gasteiger partial charge in [-0.25, -0.2) is 13.8 Å². The molecular formula is C24H22F3N3O4S. The molecule has 0 aliphatic rings. The lowest BCUT2D eigenvalue weighted by molar-refractivity contribution is -0.137. The Kier molecular flexibility index (Phi) is 8.13. The predicted octanol–water partition coefficient (Wildman–Crippen LogP) is 4.45. The zero-order valence-corrected chi connectivity index (χ0v) is 19.4. The van der Waals surface area contributed by atoms with Gasteiger partial charge in [0.25, 0.3) is 15.9 Å². The summed E-state index contributed by atoms with van der Waals surface area (Å²) in [6, 6.07) is 18.1. The van der Waals surface area contributed by atoms with E-state index in [1.807, 2.05) is 6.92 Å². The molecule has 35 heavy (non-hydrogen) atoms. The van der Waals surface area contributed by atoms with E-state index in [-0.39, 0.29) is 16.1 Å². The van der Waals surface area contributed by atoms with E-state index < -0.39 is 34.2 Å². The highest BCUT2D eigenvalue weighted by molar-refractivity contribution is 7.92. The van der Waals surface area contributed by atoms with Gasteiger partial charge in [-0.3, -0.25) is 9.10 Å². The molecule has 1 amide bonds. The second-order valence-corrected chi connectivity index (χ2v) is 9.03. The quantitative estimate of drug-likeness (QED) is 0.344. The first-order valence-electron chi connectivity index (χ1n) is 10.4. The van der Waals surface area contributed by atoms with Crippen molar-refractivity contribution in [3.8, 4) is 5.75 Å². The fourth-order valence-corrected chi connectivity index (χ4v) is 4.49. The number of sulfonamides is 1. The van der Waals surface area contributed by atoms with Gasteiger partial charge in [-0.15, -0.1) is 0 Å². The number of nitrogens with zero attached hydrogens (tertiary/aromatic N) is 2. The number of hydrazone groups is 1. The van der Waals surface area contributed by atoms with Crippen LogP contribution in [-0.2, 0) is 21.0 Å². The highest BCUT2D eigenvalue weighted by Crippen LogP contribution is 2.29. The Morgan fingerprint density at radius 2 is 1.71 bits per heavy atom.